The van der Waals surface area contributed by atoms with Crippen molar-refractivity contribution in [2.24, 2.45) is 18.7 Å². The minimum atomic E-state index is 0.0342. The van der Waals surface area contributed by atoms with E-state index in [0.717, 1.165) is 12.1 Å². The molecule has 1 aromatic heterocycles. The second-order valence-electron chi connectivity index (χ2n) is 5.71. The van der Waals surface area contributed by atoms with Crippen molar-refractivity contribution < 1.29 is 0 Å². The summed E-state index contributed by atoms with van der Waals surface area (Å²) in [7, 11) is 1.99. The van der Waals surface area contributed by atoms with Crippen molar-refractivity contribution in [3.05, 3.63) is 65.9 Å². The Balaban J connectivity index is 1.85. The number of hydrogen-bond acceptors (Lipinski definition) is 2. The van der Waals surface area contributed by atoms with E-state index in [1.54, 1.807) is 0 Å². The predicted molar refractivity (Wildman–Crippen MR) is 87.0 cm³/mol. The molecule has 0 saturated heterocycles. The highest BCUT2D eigenvalue weighted by Gasteiger charge is 2.18. The highest BCUT2D eigenvalue weighted by atomic mass is 15.3. The van der Waals surface area contributed by atoms with Crippen LogP contribution in [0.25, 0.3) is 10.9 Å². The summed E-state index contributed by atoms with van der Waals surface area (Å²) >= 11 is 0. The molecule has 0 radical (unpaired) electrons. The summed E-state index contributed by atoms with van der Waals surface area (Å²) < 4.78 is 1.95. The Hall–Kier alpha value is -2.13. The zero-order valence-corrected chi connectivity index (χ0v) is 12.5. The third kappa shape index (κ3) is 2.69. The lowest BCUT2D eigenvalue weighted by atomic mass is 9.91. The molecule has 21 heavy (non-hydrogen) atoms. The van der Waals surface area contributed by atoms with Gasteiger partial charge in [0.1, 0.15) is 0 Å². The van der Waals surface area contributed by atoms with Crippen LogP contribution < -0.4 is 5.73 Å². The lowest BCUT2D eigenvalue weighted by molar-refractivity contribution is 0.462. The van der Waals surface area contributed by atoms with Crippen LogP contribution in [0, 0.1) is 5.92 Å². The maximum absolute atomic E-state index is 6.40. The summed E-state index contributed by atoms with van der Waals surface area (Å²) in [5, 5.41) is 5.90. The molecule has 2 unspecified atom stereocenters. The standard InChI is InChI=1S/C18H21N3/c1-13(18(19)14-8-4-3-5-9-14)12-16-15-10-6-7-11-17(15)21(2)20-16/h3-11,13,18H,12,19H2,1-2H3. The van der Waals surface area contributed by atoms with Gasteiger partial charge >= 0.3 is 0 Å². The maximum atomic E-state index is 6.40. The van der Waals surface area contributed by atoms with E-state index < -0.39 is 0 Å². The van der Waals surface area contributed by atoms with Crippen LogP contribution in [0.5, 0.6) is 0 Å². The molecule has 0 bridgehead atoms. The summed E-state index contributed by atoms with van der Waals surface area (Å²) in [5.41, 5.74) is 9.89. The fraction of sp³-hybridized carbons (Fsp3) is 0.278. The van der Waals surface area contributed by atoms with Gasteiger partial charge in [-0.25, -0.2) is 0 Å². The molecule has 0 saturated carbocycles. The molecule has 0 amide bonds. The fourth-order valence-corrected chi connectivity index (χ4v) is 2.88. The molecular weight excluding hydrogens is 258 g/mol. The van der Waals surface area contributed by atoms with Gasteiger partial charge in [0, 0.05) is 18.5 Å². The molecule has 2 N–H and O–H groups in total. The normalized spacial score (nSPS) is 14.2. The lowest BCUT2D eigenvalue weighted by Gasteiger charge is -2.19. The van der Waals surface area contributed by atoms with Gasteiger partial charge in [-0.2, -0.15) is 5.10 Å². The second-order valence-corrected chi connectivity index (χ2v) is 5.71. The van der Waals surface area contributed by atoms with Gasteiger partial charge < -0.3 is 5.73 Å². The van der Waals surface area contributed by atoms with Gasteiger partial charge in [0.15, 0.2) is 0 Å². The zero-order chi connectivity index (χ0) is 14.8. The Morgan fingerprint density at radius 3 is 2.48 bits per heavy atom. The van der Waals surface area contributed by atoms with Crippen LogP contribution in [0.2, 0.25) is 0 Å². The van der Waals surface area contributed by atoms with Gasteiger partial charge in [-0.1, -0.05) is 55.5 Å². The molecule has 3 aromatic rings. The predicted octanol–water partition coefficient (Wildman–Crippen LogP) is 3.45. The van der Waals surface area contributed by atoms with E-state index in [2.05, 4.69) is 42.4 Å². The van der Waals surface area contributed by atoms with Gasteiger partial charge in [0.05, 0.1) is 11.2 Å². The van der Waals surface area contributed by atoms with Gasteiger partial charge in [-0.3, -0.25) is 4.68 Å². The molecule has 3 heteroatoms. The molecule has 0 aliphatic carbocycles. The van der Waals surface area contributed by atoms with Crippen LogP contribution in [-0.2, 0) is 13.5 Å². The molecule has 3 nitrogen and oxygen atoms in total. The Morgan fingerprint density at radius 1 is 1.05 bits per heavy atom. The highest BCUT2D eigenvalue weighted by Crippen LogP contribution is 2.26. The smallest absolute Gasteiger partial charge is 0.0706 e. The third-order valence-electron chi connectivity index (χ3n) is 4.15. The monoisotopic (exact) mass is 279 g/mol. The first-order valence-corrected chi connectivity index (χ1v) is 7.38. The topological polar surface area (TPSA) is 43.8 Å². The lowest BCUT2D eigenvalue weighted by Crippen LogP contribution is -2.21. The first-order chi connectivity index (χ1) is 10.2. The molecule has 0 fully saturated rings. The molecule has 0 aliphatic rings. The largest absolute Gasteiger partial charge is 0.324 e. The zero-order valence-electron chi connectivity index (χ0n) is 12.5. The number of nitrogens with two attached hydrogens (primary N) is 1. The second kappa shape index (κ2) is 5.70. The van der Waals surface area contributed by atoms with Crippen molar-refractivity contribution in [2.45, 2.75) is 19.4 Å². The molecule has 0 aliphatic heterocycles. The Labute approximate surface area is 125 Å². The van der Waals surface area contributed by atoms with Crippen molar-refractivity contribution in [1.82, 2.24) is 9.78 Å². The maximum Gasteiger partial charge on any atom is 0.0706 e. The van der Waals surface area contributed by atoms with Gasteiger partial charge in [-0.05, 0) is 24.0 Å². The minimum Gasteiger partial charge on any atom is -0.324 e. The number of aryl methyl sites for hydroxylation is 1. The van der Waals surface area contributed by atoms with E-state index in [-0.39, 0.29) is 6.04 Å². The van der Waals surface area contributed by atoms with Crippen molar-refractivity contribution in [1.29, 1.82) is 0 Å². The average molecular weight is 279 g/mol. The Bertz CT molecular complexity index is 731. The molecule has 0 spiro atoms. The van der Waals surface area contributed by atoms with Crippen LogP contribution >= 0.6 is 0 Å². The third-order valence-corrected chi connectivity index (χ3v) is 4.15. The molecule has 2 aromatic carbocycles. The summed E-state index contributed by atoms with van der Waals surface area (Å²) in [5.74, 6) is 0.339. The summed E-state index contributed by atoms with van der Waals surface area (Å²) in [6.45, 7) is 2.20. The average Bonchev–Trinajstić information content (AvgIpc) is 2.84. The van der Waals surface area contributed by atoms with Gasteiger partial charge in [0.25, 0.3) is 0 Å². The molecule has 1 heterocycles. The summed E-state index contributed by atoms with van der Waals surface area (Å²) in [6.07, 6.45) is 0.886. The van der Waals surface area contributed by atoms with E-state index in [1.165, 1.54) is 16.5 Å². The number of aromatic nitrogens is 2. The Morgan fingerprint density at radius 2 is 1.71 bits per heavy atom. The van der Waals surface area contributed by atoms with Crippen molar-refractivity contribution in [2.75, 3.05) is 0 Å². The van der Waals surface area contributed by atoms with Crippen LogP contribution in [0.4, 0.5) is 0 Å². The van der Waals surface area contributed by atoms with E-state index in [9.17, 15) is 0 Å². The van der Waals surface area contributed by atoms with Crippen LogP contribution in [0.1, 0.15) is 24.2 Å². The number of benzene rings is 2. The van der Waals surface area contributed by atoms with Gasteiger partial charge in [-0.15, -0.1) is 0 Å². The summed E-state index contributed by atoms with van der Waals surface area (Å²) in [4.78, 5) is 0. The molecular formula is C18H21N3. The van der Waals surface area contributed by atoms with Crippen molar-refractivity contribution >= 4 is 10.9 Å². The summed E-state index contributed by atoms with van der Waals surface area (Å²) in [6, 6.07) is 18.7. The van der Waals surface area contributed by atoms with E-state index in [0.29, 0.717) is 5.92 Å². The first-order valence-electron chi connectivity index (χ1n) is 7.38. The minimum absolute atomic E-state index is 0.0342. The van der Waals surface area contributed by atoms with E-state index >= 15 is 0 Å². The van der Waals surface area contributed by atoms with Crippen LogP contribution in [0.3, 0.4) is 0 Å². The fourth-order valence-electron chi connectivity index (χ4n) is 2.88. The van der Waals surface area contributed by atoms with Gasteiger partial charge in [0.2, 0.25) is 0 Å². The molecule has 2 atom stereocenters. The van der Waals surface area contributed by atoms with Crippen molar-refractivity contribution in [3.8, 4) is 0 Å². The van der Waals surface area contributed by atoms with E-state index in [1.807, 2.05) is 36.0 Å². The Kier molecular flexibility index (Phi) is 3.76. The number of fused-ring (bicyclic) bond motifs is 1. The quantitative estimate of drug-likeness (QED) is 0.795. The molecule has 108 valence electrons. The number of nitrogens with zero attached hydrogens (tertiary/aromatic N) is 2. The number of hydrogen-bond donors (Lipinski definition) is 1. The molecule has 3 rings (SSSR count). The number of para-hydroxylation sites is 1. The SMILES string of the molecule is CC(Cc1nn(C)c2ccccc12)C(N)c1ccccc1. The highest BCUT2D eigenvalue weighted by molar-refractivity contribution is 5.81. The van der Waals surface area contributed by atoms with Crippen molar-refractivity contribution in [3.63, 3.8) is 0 Å². The number of rotatable bonds is 4. The first kappa shape index (κ1) is 13.8. The van der Waals surface area contributed by atoms with Crippen LogP contribution in [-0.4, -0.2) is 9.78 Å². The van der Waals surface area contributed by atoms with E-state index in [4.69, 9.17) is 5.73 Å². The van der Waals surface area contributed by atoms with Crippen LogP contribution in [0.15, 0.2) is 54.6 Å².